The number of hydrogen-bond donors (Lipinski definition) is 0. The maximum absolute atomic E-state index is 9.92. The summed E-state index contributed by atoms with van der Waals surface area (Å²) < 4.78 is 20.3. The molecule has 2 rings (SSSR count). The van der Waals surface area contributed by atoms with Crippen LogP contribution in [0.5, 0.6) is 5.75 Å². The summed E-state index contributed by atoms with van der Waals surface area (Å²) in [5.74, 6) is -0.311. The van der Waals surface area contributed by atoms with Crippen LogP contribution in [0.1, 0.15) is 5.56 Å². The minimum atomic E-state index is -1.44. The molecular weight excluding hydrogens is 340 g/mol. The van der Waals surface area contributed by atoms with Gasteiger partial charge in [0.25, 0.3) is 0 Å². The van der Waals surface area contributed by atoms with E-state index in [-0.39, 0.29) is 0 Å². The number of rotatable bonds is 8. The molecule has 0 spiro atoms. The van der Waals surface area contributed by atoms with Crippen LogP contribution in [0.25, 0.3) is 0 Å². The highest BCUT2D eigenvalue weighted by molar-refractivity contribution is 6.69. The molecule has 1 aliphatic rings. The van der Waals surface area contributed by atoms with Crippen LogP contribution in [0.15, 0.2) is 49.3 Å². The summed E-state index contributed by atoms with van der Waals surface area (Å²) in [7, 11) is -1.44. The molecule has 0 radical (unpaired) electrons. The van der Waals surface area contributed by atoms with Gasteiger partial charge in [-0.15, -0.1) is 0 Å². The molecule has 1 heterocycles. The first-order valence-electron chi connectivity index (χ1n) is 7.82. The van der Waals surface area contributed by atoms with Gasteiger partial charge in [-0.25, -0.2) is 9.59 Å². The quantitative estimate of drug-likeness (QED) is 0.232. The number of carbonyl (C=O) groups is 2. The standard InChI is InChI=1S/C14H22O3Si.C4H2O3/c1-5-15-10-11-16-14-8-6-13(7-9-14)12-17-18(2,3)4;5-3-1-2-4(6)7-3/h5-9H,1,10-12H2,2-4H3;1-2H. The van der Waals surface area contributed by atoms with E-state index in [1.54, 1.807) is 0 Å². The number of cyclic esters (lactones) is 2. The van der Waals surface area contributed by atoms with Gasteiger partial charge in [0.05, 0.1) is 12.9 Å². The molecule has 1 aromatic carbocycles. The van der Waals surface area contributed by atoms with Crippen LogP contribution >= 0.6 is 0 Å². The lowest BCUT2D eigenvalue weighted by Gasteiger charge is -2.17. The van der Waals surface area contributed by atoms with Crippen molar-refractivity contribution in [1.82, 2.24) is 0 Å². The van der Waals surface area contributed by atoms with Crippen molar-refractivity contribution in [2.24, 2.45) is 0 Å². The molecule has 0 N–H and O–H groups in total. The minimum absolute atomic E-state index is 0.518. The van der Waals surface area contributed by atoms with Crippen LogP contribution in [0.4, 0.5) is 0 Å². The molecule has 1 aliphatic heterocycles. The van der Waals surface area contributed by atoms with Gasteiger partial charge in [0.1, 0.15) is 19.0 Å². The molecular formula is C18H24O6Si. The van der Waals surface area contributed by atoms with Crippen molar-refractivity contribution < 1.29 is 28.2 Å². The van der Waals surface area contributed by atoms with Gasteiger partial charge < -0.3 is 18.6 Å². The van der Waals surface area contributed by atoms with Crippen molar-refractivity contribution in [3.05, 3.63) is 54.8 Å². The lowest BCUT2D eigenvalue weighted by atomic mass is 10.2. The summed E-state index contributed by atoms with van der Waals surface area (Å²) in [4.78, 5) is 19.8. The van der Waals surface area contributed by atoms with E-state index in [4.69, 9.17) is 13.9 Å². The van der Waals surface area contributed by atoms with Gasteiger partial charge in [-0.2, -0.15) is 0 Å². The summed E-state index contributed by atoms with van der Waals surface area (Å²) in [5, 5.41) is 0. The van der Waals surface area contributed by atoms with Crippen LogP contribution in [0.3, 0.4) is 0 Å². The number of hydrogen-bond acceptors (Lipinski definition) is 6. The second kappa shape index (κ2) is 10.5. The fraction of sp³-hybridized carbons (Fsp3) is 0.333. The molecule has 25 heavy (non-hydrogen) atoms. The minimum Gasteiger partial charge on any atom is -0.498 e. The van der Waals surface area contributed by atoms with E-state index in [0.29, 0.717) is 19.8 Å². The zero-order valence-electron chi connectivity index (χ0n) is 14.8. The number of ether oxygens (including phenoxy) is 3. The zero-order valence-corrected chi connectivity index (χ0v) is 15.8. The van der Waals surface area contributed by atoms with E-state index in [0.717, 1.165) is 17.9 Å². The molecule has 136 valence electrons. The van der Waals surface area contributed by atoms with Crippen molar-refractivity contribution >= 4 is 20.3 Å². The molecule has 7 heteroatoms. The Morgan fingerprint density at radius 3 is 2.08 bits per heavy atom. The summed E-state index contributed by atoms with van der Waals surface area (Å²) in [6, 6.07) is 7.97. The monoisotopic (exact) mass is 364 g/mol. The van der Waals surface area contributed by atoms with Crippen LogP contribution in [0.2, 0.25) is 19.6 Å². The highest BCUT2D eigenvalue weighted by Crippen LogP contribution is 2.14. The average molecular weight is 364 g/mol. The van der Waals surface area contributed by atoms with Crippen molar-refractivity contribution in [1.29, 1.82) is 0 Å². The van der Waals surface area contributed by atoms with Gasteiger partial charge in [-0.3, -0.25) is 0 Å². The Balaban J connectivity index is 0.000000370. The van der Waals surface area contributed by atoms with Gasteiger partial charge in [0.15, 0.2) is 8.32 Å². The summed E-state index contributed by atoms with van der Waals surface area (Å²) in [5.41, 5.74) is 1.17. The second-order valence-electron chi connectivity index (χ2n) is 6.00. The van der Waals surface area contributed by atoms with E-state index in [1.165, 1.54) is 11.8 Å². The smallest absolute Gasteiger partial charge is 0.338 e. The van der Waals surface area contributed by atoms with E-state index >= 15 is 0 Å². The lowest BCUT2D eigenvalue weighted by molar-refractivity contribution is -0.150. The van der Waals surface area contributed by atoms with Gasteiger partial charge in [0.2, 0.25) is 0 Å². The summed E-state index contributed by atoms with van der Waals surface area (Å²) in [6.07, 6.45) is 3.59. The third-order valence-electron chi connectivity index (χ3n) is 2.74. The molecule has 0 saturated heterocycles. The van der Waals surface area contributed by atoms with Crippen molar-refractivity contribution in [3.63, 3.8) is 0 Å². The highest BCUT2D eigenvalue weighted by atomic mass is 28.4. The largest absolute Gasteiger partial charge is 0.498 e. The van der Waals surface area contributed by atoms with Gasteiger partial charge in [0, 0.05) is 12.2 Å². The first-order valence-corrected chi connectivity index (χ1v) is 11.2. The Morgan fingerprint density at radius 2 is 1.64 bits per heavy atom. The topological polar surface area (TPSA) is 71.1 Å². The Hall–Kier alpha value is -2.38. The highest BCUT2D eigenvalue weighted by Gasteiger charge is 2.13. The molecule has 0 aromatic heterocycles. The van der Waals surface area contributed by atoms with E-state index in [9.17, 15) is 9.59 Å². The molecule has 0 atom stereocenters. The Morgan fingerprint density at radius 1 is 1.04 bits per heavy atom. The molecule has 0 unspecified atom stereocenters. The van der Waals surface area contributed by atoms with Crippen molar-refractivity contribution in [3.8, 4) is 5.75 Å². The predicted molar refractivity (Wildman–Crippen MR) is 96.5 cm³/mol. The second-order valence-corrected chi connectivity index (χ2v) is 10.5. The van der Waals surface area contributed by atoms with Gasteiger partial charge >= 0.3 is 11.9 Å². The van der Waals surface area contributed by atoms with Gasteiger partial charge in [-0.1, -0.05) is 18.7 Å². The molecule has 0 aliphatic carbocycles. The SMILES string of the molecule is C=COCCOc1ccc(CO[Si](C)(C)C)cc1.O=C1C=CC(=O)O1. The normalized spacial score (nSPS) is 12.9. The molecule has 0 saturated carbocycles. The predicted octanol–water partition coefficient (Wildman–Crippen LogP) is 3.20. The van der Waals surface area contributed by atoms with Crippen LogP contribution in [0, 0.1) is 0 Å². The number of carbonyl (C=O) groups excluding carboxylic acids is 2. The van der Waals surface area contributed by atoms with Crippen molar-refractivity contribution in [2.45, 2.75) is 26.2 Å². The third-order valence-corrected chi connectivity index (χ3v) is 3.75. The first kappa shape index (κ1) is 20.7. The average Bonchev–Trinajstić information content (AvgIpc) is 2.94. The van der Waals surface area contributed by atoms with Crippen molar-refractivity contribution in [2.75, 3.05) is 13.2 Å². The molecule has 6 nitrogen and oxygen atoms in total. The fourth-order valence-corrected chi connectivity index (χ4v) is 2.18. The molecule has 0 bridgehead atoms. The van der Waals surface area contributed by atoms with E-state index in [1.807, 2.05) is 24.3 Å². The zero-order chi connectivity index (χ0) is 18.7. The van der Waals surface area contributed by atoms with E-state index < -0.39 is 20.3 Å². The van der Waals surface area contributed by atoms with Crippen LogP contribution < -0.4 is 4.74 Å². The summed E-state index contributed by atoms with van der Waals surface area (Å²) in [6.45, 7) is 11.7. The van der Waals surface area contributed by atoms with E-state index in [2.05, 4.69) is 31.0 Å². The fourth-order valence-electron chi connectivity index (χ4n) is 1.58. The van der Waals surface area contributed by atoms with Crippen LogP contribution in [-0.2, 0) is 30.1 Å². The Kier molecular flexibility index (Phi) is 8.66. The number of benzene rings is 1. The molecule has 0 amide bonds. The Labute approximate surface area is 149 Å². The molecule has 1 aromatic rings. The maximum atomic E-state index is 9.92. The maximum Gasteiger partial charge on any atom is 0.338 e. The summed E-state index contributed by atoms with van der Waals surface area (Å²) >= 11 is 0. The first-order chi connectivity index (χ1) is 11.8. The van der Waals surface area contributed by atoms with Crippen LogP contribution in [-0.4, -0.2) is 33.5 Å². The number of esters is 2. The Bertz CT molecular complexity index is 585. The lowest BCUT2D eigenvalue weighted by Crippen LogP contribution is -2.24. The van der Waals surface area contributed by atoms with Gasteiger partial charge in [-0.05, 0) is 37.3 Å². The third kappa shape index (κ3) is 10.2. The molecule has 0 fully saturated rings.